The van der Waals surface area contributed by atoms with Gasteiger partial charge in [0.1, 0.15) is 0 Å². The number of guanidine groups is 1. The third-order valence-electron chi connectivity index (χ3n) is 2.04. The minimum absolute atomic E-state index is 0. The average molecular weight is 400 g/mol. The summed E-state index contributed by atoms with van der Waals surface area (Å²) in [4.78, 5) is 5.33. The first kappa shape index (κ1) is 17.9. The summed E-state index contributed by atoms with van der Waals surface area (Å²) in [6, 6.07) is 7.89. The van der Waals surface area contributed by atoms with E-state index in [1.54, 1.807) is 18.8 Å². The van der Waals surface area contributed by atoms with Gasteiger partial charge >= 0.3 is 0 Å². The summed E-state index contributed by atoms with van der Waals surface area (Å²) in [5.74, 6) is 1.84. The van der Waals surface area contributed by atoms with Gasteiger partial charge in [-0.25, -0.2) is 0 Å². The van der Waals surface area contributed by atoms with E-state index < -0.39 is 0 Å². The first-order chi connectivity index (χ1) is 8.26. The number of thioether (sulfide) groups is 1. The molecule has 2 N–H and O–H groups in total. The fraction of sp³-hybridized carbons (Fsp3) is 0.417. The van der Waals surface area contributed by atoms with Crippen molar-refractivity contribution in [1.82, 2.24) is 10.6 Å². The van der Waals surface area contributed by atoms with Crippen molar-refractivity contribution >= 4 is 53.3 Å². The minimum Gasteiger partial charge on any atom is -0.357 e. The number of halogens is 2. The summed E-state index contributed by atoms with van der Waals surface area (Å²) >= 11 is 7.62. The zero-order valence-corrected chi connectivity index (χ0v) is 14.5. The number of nitrogens with zero attached hydrogens (tertiary/aromatic N) is 1. The number of rotatable bonds is 5. The maximum absolute atomic E-state index is 5.82. The van der Waals surface area contributed by atoms with Crippen molar-refractivity contribution in [3.63, 3.8) is 0 Å². The van der Waals surface area contributed by atoms with Crippen molar-refractivity contribution in [2.75, 3.05) is 25.9 Å². The smallest absolute Gasteiger partial charge is 0.190 e. The molecule has 0 aromatic heterocycles. The van der Waals surface area contributed by atoms with E-state index in [-0.39, 0.29) is 24.0 Å². The van der Waals surface area contributed by atoms with Crippen molar-refractivity contribution in [3.05, 3.63) is 29.3 Å². The van der Waals surface area contributed by atoms with Crippen molar-refractivity contribution < 1.29 is 0 Å². The Morgan fingerprint density at radius 3 is 2.50 bits per heavy atom. The minimum atomic E-state index is 0. The Morgan fingerprint density at radius 1 is 1.28 bits per heavy atom. The van der Waals surface area contributed by atoms with Crippen LogP contribution in [0.1, 0.15) is 6.92 Å². The lowest BCUT2D eigenvalue weighted by molar-refractivity contribution is 0.860. The number of benzene rings is 1. The van der Waals surface area contributed by atoms with Crippen LogP contribution in [0.15, 0.2) is 34.2 Å². The van der Waals surface area contributed by atoms with Crippen LogP contribution in [0.5, 0.6) is 0 Å². The molecule has 0 saturated carbocycles. The van der Waals surface area contributed by atoms with Crippen molar-refractivity contribution in [3.8, 4) is 0 Å². The zero-order chi connectivity index (χ0) is 12.5. The maximum atomic E-state index is 5.82. The van der Waals surface area contributed by atoms with Gasteiger partial charge in [-0.05, 0) is 31.2 Å². The molecule has 3 nitrogen and oxygen atoms in total. The molecule has 1 rings (SSSR count). The van der Waals surface area contributed by atoms with Crippen LogP contribution in [0.25, 0.3) is 0 Å². The van der Waals surface area contributed by atoms with Crippen LogP contribution < -0.4 is 10.6 Å². The van der Waals surface area contributed by atoms with Crippen LogP contribution in [0.2, 0.25) is 5.02 Å². The molecule has 0 unspecified atom stereocenters. The third-order valence-corrected chi connectivity index (χ3v) is 3.31. The van der Waals surface area contributed by atoms with Crippen molar-refractivity contribution in [1.29, 1.82) is 0 Å². The highest BCUT2D eigenvalue weighted by Crippen LogP contribution is 2.19. The van der Waals surface area contributed by atoms with E-state index >= 15 is 0 Å². The Morgan fingerprint density at radius 2 is 1.94 bits per heavy atom. The van der Waals surface area contributed by atoms with E-state index in [2.05, 4.69) is 22.5 Å². The largest absolute Gasteiger partial charge is 0.357 e. The summed E-state index contributed by atoms with van der Waals surface area (Å²) < 4.78 is 0. The second-order valence-electron chi connectivity index (χ2n) is 3.33. The Bertz CT molecular complexity index is 357. The van der Waals surface area contributed by atoms with Crippen molar-refractivity contribution in [2.24, 2.45) is 4.99 Å². The van der Waals surface area contributed by atoms with E-state index in [1.165, 1.54) is 4.90 Å². The highest BCUT2D eigenvalue weighted by atomic mass is 127. The first-order valence-electron chi connectivity index (χ1n) is 5.59. The van der Waals surface area contributed by atoms with Gasteiger partial charge < -0.3 is 10.6 Å². The fourth-order valence-electron chi connectivity index (χ4n) is 1.26. The molecule has 0 atom stereocenters. The molecule has 0 bridgehead atoms. The van der Waals surface area contributed by atoms with Crippen LogP contribution in [0, 0.1) is 0 Å². The molecule has 0 fully saturated rings. The number of hydrogen-bond donors (Lipinski definition) is 2. The summed E-state index contributed by atoms with van der Waals surface area (Å²) in [6.07, 6.45) is 0. The van der Waals surface area contributed by atoms with Crippen LogP contribution in [0.4, 0.5) is 0 Å². The van der Waals surface area contributed by atoms with Gasteiger partial charge in [0, 0.05) is 35.8 Å². The molecule has 102 valence electrons. The van der Waals surface area contributed by atoms with Crippen molar-refractivity contribution in [2.45, 2.75) is 11.8 Å². The van der Waals surface area contributed by atoms with Crippen LogP contribution >= 0.6 is 47.3 Å². The molecule has 0 spiro atoms. The van der Waals surface area contributed by atoms with E-state index in [0.717, 1.165) is 29.8 Å². The van der Waals surface area contributed by atoms with Gasteiger partial charge in [-0.15, -0.1) is 35.7 Å². The Kier molecular flexibility index (Phi) is 10.7. The maximum Gasteiger partial charge on any atom is 0.190 e. The highest BCUT2D eigenvalue weighted by Gasteiger charge is 1.96. The fourth-order valence-corrected chi connectivity index (χ4v) is 2.15. The van der Waals surface area contributed by atoms with E-state index in [4.69, 9.17) is 11.6 Å². The number of hydrogen-bond acceptors (Lipinski definition) is 2. The molecule has 1 aromatic rings. The standard InChI is InChI=1S/C12H18ClN3S.HI/c1-3-15-12(14-2)16-8-9-17-11-6-4-10(13)5-7-11;/h4-7H,3,8-9H2,1-2H3,(H2,14,15,16);1H. The predicted molar refractivity (Wildman–Crippen MR) is 92.6 cm³/mol. The molecule has 1 aromatic carbocycles. The third kappa shape index (κ3) is 7.33. The molecule has 0 amide bonds. The molecule has 0 aliphatic rings. The van der Waals surface area contributed by atoms with Gasteiger partial charge in [0.2, 0.25) is 0 Å². The molecule has 0 heterocycles. The van der Waals surface area contributed by atoms with Gasteiger partial charge in [0.05, 0.1) is 0 Å². The highest BCUT2D eigenvalue weighted by molar-refractivity contribution is 14.0. The summed E-state index contributed by atoms with van der Waals surface area (Å²) in [5.41, 5.74) is 0. The van der Waals surface area contributed by atoms with Gasteiger partial charge in [-0.1, -0.05) is 11.6 Å². The molecule has 0 saturated heterocycles. The number of aliphatic imine (C=N–C) groups is 1. The molecule has 6 heteroatoms. The molecule has 0 aliphatic heterocycles. The Hall–Kier alpha value is -0.140. The summed E-state index contributed by atoms with van der Waals surface area (Å²) in [5, 5.41) is 7.17. The van der Waals surface area contributed by atoms with Gasteiger partial charge in [0.15, 0.2) is 5.96 Å². The first-order valence-corrected chi connectivity index (χ1v) is 6.95. The SMILES string of the molecule is CCNC(=NC)NCCSc1ccc(Cl)cc1.I. The number of nitrogens with one attached hydrogen (secondary N) is 2. The molecular weight excluding hydrogens is 381 g/mol. The second kappa shape index (κ2) is 10.8. The molecule has 0 aliphatic carbocycles. The summed E-state index contributed by atoms with van der Waals surface area (Å²) in [7, 11) is 1.78. The van der Waals surface area contributed by atoms with Gasteiger partial charge in [0.25, 0.3) is 0 Å². The van der Waals surface area contributed by atoms with Gasteiger partial charge in [-0.3, -0.25) is 4.99 Å². The van der Waals surface area contributed by atoms with E-state index in [1.807, 2.05) is 24.3 Å². The van der Waals surface area contributed by atoms with E-state index in [0.29, 0.717) is 0 Å². The molecular formula is C12H19ClIN3S. The predicted octanol–water partition coefficient (Wildman–Crippen LogP) is 3.24. The van der Waals surface area contributed by atoms with E-state index in [9.17, 15) is 0 Å². The lowest BCUT2D eigenvalue weighted by atomic mass is 10.4. The Labute approximate surface area is 135 Å². The zero-order valence-electron chi connectivity index (χ0n) is 10.6. The topological polar surface area (TPSA) is 36.4 Å². The van der Waals surface area contributed by atoms with Gasteiger partial charge in [-0.2, -0.15) is 0 Å². The second-order valence-corrected chi connectivity index (χ2v) is 4.94. The average Bonchev–Trinajstić information content (AvgIpc) is 2.35. The monoisotopic (exact) mass is 399 g/mol. The normalized spacial score (nSPS) is 10.7. The lowest BCUT2D eigenvalue weighted by Gasteiger charge is -2.09. The van der Waals surface area contributed by atoms with Crippen LogP contribution in [0.3, 0.4) is 0 Å². The summed E-state index contributed by atoms with van der Waals surface area (Å²) in [6.45, 7) is 3.81. The Balaban J connectivity index is 0.00000289. The quantitative estimate of drug-likeness (QED) is 0.262. The lowest BCUT2D eigenvalue weighted by Crippen LogP contribution is -2.38. The molecule has 0 radical (unpaired) electrons. The van der Waals surface area contributed by atoms with Crippen LogP contribution in [-0.2, 0) is 0 Å². The van der Waals surface area contributed by atoms with Crippen LogP contribution in [-0.4, -0.2) is 31.8 Å². The molecule has 18 heavy (non-hydrogen) atoms.